The average molecular weight is 191 g/mol. The minimum atomic E-state index is -0.0825. The normalized spacial score (nSPS) is 15.2. The van der Waals surface area contributed by atoms with E-state index in [1.807, 2.05) is 0 Å². The maximum atomic E-state index is 11.6. The van der Waals surface area contributed by atoms with E-state index in [9.17, 15) is 9.90 Å². The van der Waals surface area contributed by atoms with Crippen LogP contribution in [0.15, 0.2) is 18.2 Å². The second-order valence-corrected chi connectivity index (χ2v) is 3.70. The average Bonchev–Trinajstić information content (AvgIpc) is 2.93. The number of nitrogens with one attached hydrogen (secondary N) is 1. The van der Waals surface area contributed by atoms with Crippen LogP contribution < -0.4 is 5.32 Å². The van der Waals surface area contributed by atoms with Crippen LogP contribution in [-0.2, 0) is 0 Å². The summed E-state index contributed by atoms with van der Waals surface area (Å²) in [5, 5.41) is 12.3. The smallest absolute Gasteiger partial charge is 0.251 e. The summed E-state index contributed by atoms with van der Waals surface area (Å²) in [5.74, 6) is 0.0920. The van der Waals surface area contributed by atoms with E-state index in [0.29, 0.717) is 17.2 Å². The predicted molar refractivity (Wildman–Crippen MR) is 53.3 cm³/mol. The lowest BCUT2D eigenvalue weighted by atomic mass is 10.1. The van der Waals surface area contributed by atoms with Gasteiger partial charge >= 0.3 is 0 Å². The molecule has 1 aromatic rings. The zero-order chi connectivity index (χ0) is 10.1. The molecule has 14 heavy (non-hydrogen) atoms. The van der Waals surface area contributed by atoms with E-state index in [1.54, 1.807) is 25.1 Å². The predicted octanol–water partition coefficient (Wildman–Crippen LogP) is 1.59. The number of hydrogen-bond acceptors (Lipinski definition) is 2. The Morgan fingerprint density at radius 3 is 2.86 bits per heavy atom. The Labute approximate surface area is 82.8 Å². The second kappa shape index (κ2) is 3.33. The molecule has 0 spiro atoms. The Balaban J connectivity index is 2.21. The third-order valence-electron chi connectivity index (χ3n) is 2.46. The van der Waals surface area contributed by atoms with E-state index < -0.39 is 0 Å². The molecule has 0 aliphatic heterocycles. The van der Waals surface area contributed by atoms with Crippen molar-refractivity contribution < 1.29 is 9.90 Å². The summed E-state index contributed by atoms with van der Waals surface area (Å²) < 4.78 is 0. The summed E-state index contributed by atoms with van der Waals surface area (Å²) in [4.78, 5) is 11.6. The fraction of sp³-hybridized carbons (Fsp3) is 0.364. The van der Waals surface area contributed by atoms with Crippen molar-refractivity contribution in [3.63, 3.8) is 0 Å². The van der Waals surface area contributed by atoms with E-state index in [4.69, 9.17) is 0 Å². The van der Waals surface area contributed by atoms with E-state index >= 15 is 0 Å². The van der Waals surface area contributed by atoms with Gasteiger partial charge in [-0.2, -0.15) is 0 Å². The van der Waals surface area contributed by atoms with Crippen molar-refractivity contribution in [1.82, 2.24) is 5.32 Å². The molecular formula is C11H13NO2. The first-order valence-electron chi connectivity index (χ1n) is 4.78. The standard InChI is InChI=1S/C11H13NO2/c1-7-9(3-2-4-10(7)13)11(14)12-8-5-6-8/h2-4,8,13H,5-6H2,1H3,(H,12,14). The third-order valence-corrected chi connectivity index (χ3v) is 2.46. The van der Waals surface area contributed by atoms with Gasteiger partial charge in [0, 0.05) is 17.2 Å². The molecule has 1 saturated carbocycles. The van der Waals surface area contributed by atoms with Gasteiger partial charge in [0.2, 0.25) is 0 Å². The van der Waals surface area contributed by atoms with Crippen molar-refractivity contribution >= 4 is 5.91 Å². The summed E-state index contributed by atoms with van der Waals surface area (Å²) in [6, 6.07) is 5.35. The second-order valence-electron chi connectivity index (χ2n) is 3.70. The number of amides is 1. The van der Waals surface area contributed by atoms with E-state index in [0.717, 1.165) is 12.8 Å². The lowest BCUT2D eigenvalue weighted by Gasteiger charge is -2.07. The first-order valence-corrected chi connectivity index (χ1v) is 4.78. The van der Waals surface area contributed by atoms with Gasteiger partial charge in [0.05, 0.1) is 0 Å². The van der Waals surface area contributed by atoms with E-state index in [-0.39, 0.29) is 11.7 Å². The number of aromatic hydroxyl groups is 1. The van der Waals surface area contributed by atoms with Gasteiger partial charge in [-0.3, -0.25) is 4.79 Å². The molecule has 0 saturated heterocycles. The highest BCUT2D eigenvalue weighted by Crippen LogP contribution is 2.22. The topological polar surface area (TPSA) is 49.3 Å². The molecule has 0 aromatic heterocycles. The van der Waals surface area contributed by atoms with Crippen molar-refractivity contribution in [2.24, 2.45) is 0 Å². The molecular weight excluding hydrogens is 178 g/mol. The van der Waals surface area contributed by atoms with Gasteiger partial charge in [0.25, 0.3) is 5.91 Å². The van der Waals surface area contributed by atoms with Gasteiger partial charge in [0.15, 0.2) is 0 Å². The first-order chi connectivity index (χ1) is 6.68. The molecule has 74 valence electrons. The lowest BCUT2D eigenvalue weighted by Crippen LogP contribution is -2.25. The number of carbonyl (C=O) groups excluding carboxylic acids is 1. The number of benzene rings is 1. The van der Waals surface area contributed by atoms with Gasteiger partial charge in [0.1, 0.15) is 5.75 Å². The molecule has 1 aromatic carbocycles. The van der Waals surface area contributed by atoms with Crippen LogP contribution in [-0.4, -0.2) is 17.1 Å². The molecule has 3 heteroatoms. The Bertz CT molecular complexity index is 370. The van der Waals surface area contributed by atoms with Crippen LogP contribution in [0.3, 0.4) is 0 Å². The lowest BCUT2D eigenvalue weighted by molar-refractivity contribution is 0.0950. The molecule has 0 heterocycles. The van der Waals surface area contributed by atoms with Crippen LogP contribution in [0.4, 0.5) is 0 Å². The van der Waals surface area contributed by atoms with Crippen LogP contribution in [0.2, 0.25) is 0 Å². The van der Waals surface area contributed by atoms with Gasteiger partial charge in [-0.15, -0.1) is 0 Å². The Hall–Kier alpha value is -1.51. The number of phenolic OH excluding ortho intramolecular Hbond substituents is 1. The summed E-state index contributed by atoms with van der Waals surface area (Å²) in [6.07, 6.45) is 2.15. The van der Waals surface area contributed by atoms with Crippen LogP contribution in [0.1, 0.15) is 28.8 Å². The SMILES string of the molecule is Cc1c(O)cccc1C(=O)NC1CC1. The van der Waals surface area contributed by atoms with Gasteiger partial charge < -0.3 is 10.4 Å². The summed E-state index contributed by atoms with van der Waals surface area (Å²) in [7, 11) is 0. The van der Waals surface area contributed by atoms with Gasteiger partial charge in [-0.05, 0) is 31.9 Å². The van der Waals surface area contributed by atoms with Crippen LogP contribution in [0.5, 0.6) is 5.75 Å². The van der Waals surface area contributed by atoms with Crippen molar-refractivity contribution in [3.05, 3.63) is 29.3 Å². The molecule has 3 nitrogen and oxygen atoms in total. The summed E-state index contributed by atoms with van der Waals surface area (Å²) >= 11 is 0. The summed E-state index contributed by atoms with van der Waals surface area (Å²) in [6.45, 7) is 1.75. The fourth-order valence-corrected chi connectivity index (χ4v) is 1.36. The molecule has 0 unspecified atom stereocenters. The number of phenols is 1. The van der Waals surface area contributed by atoms with E-state index in [2.05, 4.69) is 5.32 Å². The highest BCUT2D eigenvalue weighted by Gasteiger charge is 2.24. The fourth-order valence-electron chi connectivity index (χ4n) is 1.36. The molecule has 2 rings (SSSR count). The molecule has 0 bridgehead atoms. The molecule has 1 amide bonds. The molecule has 0 atom stereocenters. The Morgan fingerprint density at radius 2 is 2.21 bits per heavy atom. The highest BCUT2D eigenvalue weighted by molar-refractivity contribution is 5.96. The molecule has 2 N–H and O–H groups in total. The highest BCUT2D eigenvalue weighted by atomic mass is 16.3. The quantitative estimate of drug-likeness (QED) is 0.745. The van der Waals surface area contributed by atoms with Crippen molar-refractivity contribution in [1.29, 1.82) is 0 Å². The first kappa shape index (κ1) is 9.06. The van der Waals surface area contributed by atoms with Crippen LogP contribution in [0, 0.1) is 6.92 Å². The van der Waals surface area contributed by atoms with Crippen molar-refractivity contribution in [3.8, 4) is 5.75 Å². The maximum absolute atomic E-state index is 11.6. The van der Waals surface area contributed by atoms with Crippen LogP contribution in [0.25, 0.3) is 0 Å². The number of carbonyl (C=O) groups is 1. The number of rotatable bonds is 2. The summed E-state index contributed by atoms with van der Waals surface area (Å²) in [5.41, 5.74) is 1.21. The number of hydrogen-bond donors (Lipinski definition) is 2. The van der Waals surface area contributed by atoms with Crippen molar-refractivity contribution in [2.75, 3.05) is 0 Å². The zero-order valence-electron chi connectivity index (χ0n) is 8.08. The largest absolute Gasteiger partial charge is 0.508 e. The van der Waals surface area contributed by atoms with Crippen LogP contribution >= 0.6 is 0 Å². The minimum absolute atomic E-state index is 0.0825. The monoisotopic (exact) mass is 191 g/mol. The van der Waals surface area contributed by atoms with E-state index in [1.165, 1.54) is 0 Å². The third kappa shape index (κ3) is 1.71. The minimum Gasteiger partial charge on any atom is -0.508 e. The maximum Gasteiger partial charge on any atom is 0.251 e. The molecule has 1 aliphatic rings. The van der Waals surface area contributed by atoms with Crippen molar-refractivity contribution in [2.45, 2.75) is 25.8 Å². The zero-order valence-corrected chi connectivity index (χ0v) is 8.08. The van der Waals surface area contributed by atoms with Gasteiger partial charge in [-0.25, -0.2) is 0 Å². The molecule has 1 aliphatic carbocycles. The Kier molecular flexibility index (Phi) is 2.15. The van der Waals surface area contributed by atoms with Gasteiger partial charge in [-0.1, -0.05) is 6.07 Å². The molecule has 0 radical (unpaired) electrons. The Morgan fingerprint density at radius 1 is 1.50 bits per heavy atom. The molecule has 1 fully saturated rings.